The van der Waals surface area contributed by atoms with Crippen LogP contribution in [0.3, 0.4) is 0 Å². The summed E-state index contributed by atoms with van der Waals surface area (Å²) in [7, 11) is 7.51. The topological polar surface area (TPSA) is 24.9 Å². The van der Waals surface area contributed by atoms with E-state index in [1.807, 2.05) is 18.2 Å². The Balaban J connectivity index is 3.17. The Bertz CT molecular complexity index is 380. The first-order valence-electron chi connectivity index (χ1n) is 6.20. The van der Waals surface area contributed by atoms with Crippen molar-refractivity contribution in [3.8, 4) is 11.5 Å². The minimum absolute atomic E-state index is 0.288. The van der Waals surface area contributed by atoms with Crippen LogP contribution in [0.15, 0.2) is 18.2 Å². The maximum atomic E-state index is 5.44. The Morgan fingerprint density at radius 3 is 2.28 bits per heavy atom. The first-order chi connectivity index (χ1) is 8.54. The Hall–Kier alpha value is -1.42. The second-order valence-electron chi connectivity index (χ2n) is 4.42. The Morgan fingerprint density at radius 2 is 1.83 bits per heavy atom. The van der Waals surface area contributed by atoms with Gasteiger partial charge in [-0.2, -0.15) is 0 Å². The molecule has 0 saturated heterocycles. The van der Waals surface area contributed by atoms with Crippen LogP contribution >= 0.6 is 0 Å². The summed E-state index contributed by atoms with van der Waals surface area (Å²) < 4.78 is 10.7. The van der Waals surface area contributed by atoms with Gasteiger partial charge in [0, 0.05) is 12.6 Å². The standard InChI is InChI=1S/C14H24N2O2/c1-7-16(11(2)15(3)4)13-10-12(17-5)8-9-14(13)18-6/h8-11H,7H2,1-6H3. The van der Waals surface area contributed by atoms with Crippen molar-refractivity contribution in [3.63, 3.8) is 0 Å². The zero-order valence-electron chi connectivity index (χ0n) is 12.2. The number of ether oxygens (including phenoxy) is 2. The minimum atomic E-state index is 0.288. The molecule has 0 amide bonds. The van der Waals surface area contributed by atoms with E-state index in [2.05, 4.69) is 37.7 Å². The molecule has 1 rings (SSSR count). The fraction of sp³-hybridized carbons (Fsp3) is 0.571. The van der Waals surface area contributed by atoms with Crippen LogP contribution in [0.25, 0.3) is 0 Å². The van der Waals surface area contributed by atoms with Crippen LogP contribution in [0.5, 0.6) is 11.5 Å². The SMILES string of the molecule is CCN(c1cc(OC)ccc1OC)C(C)N(C)C. The molecule has 1 aromatic carbocycles. The normalized spacial score (nSPS) is 12.4. The predicted molar refractivity (Wildman–Crippen MR) is 75.7 cm³/mol. The smallest absolute Gasteiger partial charge is 0.142 e. The zero-order chi connectivity index (χ0) is 13.7. The van der Waals surface area contributed by atoms with Crippen molar-refractivity contribution in [1.82, 2.24) is 4.90 Å². The monoisotopic (exact) mass is 252 g/mol. The number of benzene rings is 1. The van der Waals surface area contributed by atoms with E-state index in [0.717, 1.165) is 23.7 Å². The lowest BCUT2D eigenvalue weighted by atomic mass is 10.2. The number of hydrogen-bond donors (Lipinski definition) is 0. The third-order valence-electron chi connectivity index (χ3n) is 3.23. The summed E-state index contributed by atoms with van der Waals surface area (Å²) in [6, 6.07) is 5.87. The maximum Gasteiger partial charge on any atom is 0.142 e. The third-order valence-corrected chi connectivity index (χ3v) is 3.23. The molecule has 102 valence electrons. The molecule has 0 bridgehead atoms. The lowest BCUT2D eigenvalue weighted by Gasteiger charge is -2.35. The molecule has 0 aliphatic carbocycles. The molecular weight excluding hydrogens is 228 g/mol. The number of nitrogens with zero attached hydrogens (tertiary/aromatic N) is 2. The average Bonchev–Trinajstić information content (AvgIpc) is 2.39. The van der Waals surface area contributed by atoms with Gasteiger partial charge in [0.25, 0.3) is 0 Å². The van der Waals surface area contributed by atoms with E-state index in [4.69, 9.17) is 9.47 Å². The Labute approximate surface area is 110 Å². The first kappa shape index (κ1) is 14.6. The molecule has 0 heterocycles. The molecule has 0 aliphatic rings. The molecule has 1 atom stereocenters. The van der Waals surface area contributed by atoms with Crippen molar-refractivity contribution in [3.05, 3.63) is 18.2 Å². The van der Waals surface area contributed by atoms with Gasteiger partial charge in [0.1, 0.15) is 11.5 Å². The van der Waals surface area contributed by atoms with E-state index in [-0.39, 0.29) is 6.17 Å². The number of rotatable bonds is 6. The van der Waals surface area contributed by atoms with Gasteiger partial charge in [0.2, 0.25) is 0 Å². The third kappa shape index (κ3) is 3.07. The molecule has 0 spiro atoms. The van der Waals surface area contributed by atoms with Crippen molar-refractivity contribution in [2.24, 2.45) is 0 Å². The molecular formula is C14H24N2O2. The molecule has 4 heteroatoms. The van der Waals surface area contributed by atoms with Gasteiger partial charge >= 0.3 is 0 Å². The van der Waals surface area contributed by atoms with Crippen molar-refractivity contribution >= 4 is 5.69 Å². The summed E-state index contributed by atoms with van der Waals surface area (Å²) >= 11 is 0. The Morgan fingerprint density at radius 1 is 1.17 bits per heavy atom. The zero-order valence-corrected chi connectivity index (χ0v) is 12.2. The summed E-state index contributed by atoms with van der Waals surface area (Å²) in [5.41, 5.74) is 1.06. The van der Waals surface area contributed by atoms with E-state index in [9.17, 15) is 0 Å². The van der Waals surface area contributed by atoms with Crippen molar-refractivity contribution in [1.29, 1.82) is 0 Å². The summed E-state index contributed by atoms with van der Waals surface area (Å²) in [6.07, 6.45) is 0.288. The summed E-state index contributed by atoms with van der Waals surface area (Å²) in [6.45, 7) is 5.21. The number of anilines is 1. The van der Waals surface area contributed by atoms with Gasteiger partial charge in [-0.1, -0.05) is 0 Å². The van der Waals surface area contributed by atoms with Crippen LogP contribution in [-0.2, 0) is 0 Å². The van der Waals surface area contributed by atoms with Crippen LogP contribution in [-0.4, -0.2) is 45.9 Å². The molecule has 1 aromatic rings. The molecule has 1 unspecified atom stereocenters. The molecule has 0 fully saturated rings. The molecule has 0 aromatic heterocycles. The van der Waals surface area contributed by atoms with E-state index in [0.29, 0.717) is 0 Å². The van der Waals surface area contributed by atoms with Crippen LogP contribution < -0.4 is 14.4 Å². The summed E-state index contributed by atoms with van der Waals surface area (Å²) in [5, 5.41) is 0. The van der Waals surface area contributed by atoms with Gasteiger partial charge in [-0.3, -0.25) is 4.90 Å². The van der Waals surface area contributed by atoms with Gasteiger partial charge in [0.15, 0.2) is 0 Å². The molecule has 0 aliphatic heterocycles. The quantitative estimate of drug-likeness (QED) is 0.726. The predicted octanol–water partition coefficient (Wildman–Crippen LogP) is 2.44. The fourth-order valence-electron chi connectivity index (χ4n) is 1.94. The van der Waals surface area contributed by atoms with Gasteiger partial charge in [0.05, 0.1) is 26.1 Å². The highest BCUT2D eigenvalue weighted by molar-refractivity contribution is 5.62. The molecule has 4 nitrogen and oxygen atoms in total. The fourth-order valence-corrected chi connectivity index (χ4v) is 1.94. The summed E-state index contributed by atoms with van der Waals surface area (Å²) in [4.78, 5) is 4.45. The van der Waals surface area contributed by atoms with Crippen LogP contribution in [0.4, 0.5) is 5.69 Å². The van der Waals surface area contributed by atoms with Gasteiger partial charge in [-0.05, 0) is 40.1 Å². The average molecular weight is 252 g/mol. The van der Waals surface area contributed by atoms with Gasteiger partial charge < -0.3 is 14.4 Å². The highest BCUT2D eigenvalue weighted by Gasteiger charge is 2.18. The van der Waals surface area contributed by atoms with Crippen molar-refractivity contribution < 1.29 is 9.47 Å². The molecule has 0 saturated carbocycles. The van der Waals surface area contributed by atoms with E-state index < -0.39 is 0 Å². The number of hydrogen-bond acceptors (Lipinski definition) is 4. The maximum absolute atomic E-state index is 5.44. The van der Waals surface area contributed by atoms with Gasteiger partial charge in [-0.15, -0.1) is 0 Å². The van der Waals surface area contributed by atoms with Crippen LogP contribution in [0.1, 0.15) is 13.8 Å². The highest BCUT2D eigenvalue weighted by atomic mass is 16.5. The summed E-state index contributed by atoms with van der Waals surface area (Å²) in [5.74, 6) is 1.71. The molecule has 0 N–H and O–H groups in total. The van der Waals surface area contributed by atoms with Crippen LogP contribution in [0, 0.1) is 0 Å². The van der Waals surface area contributed by atoms with E-state index >= 15 is 0 Å². The van der Waals surface area contributed by atoms with E-state index in [1.165, 1.54) is 0 Å². The van der Waals surface area contributed by atoms with Crippen LogP contribution in [0.2, 0.25) is 0 Å². The Kier molecular flexibility index (Phi) is 5.28. The molecule has 0 radical (unpaired) electrons. The van der Waals surface area contributed by atoms with E-state index in [1.54, 1.807) is 14.2 Å². The first-order valence-corrected chi connectivity index (χ1v) is 6.20. The lowest BCUT2D eigenvalue weighted by Crippen LogP contribution is -2.43. The lowest BCUT2D eigenvalue weighted by molar-refractivity contribution is 0.301. The van der Waals surface area contributed by atoms with Crippen molar-refractivity contribution in [2.75, 3.05) is 39.8 Å². The number of methoxy groups -OCH3 is 2. The second kappa shape index (κ2) is 6.50. The molecule has 18 heavy (non-hydrogen) atoms. The minimum Gasteiger partial charge on any atom is -0.497 e. The van der Waals surface area contributed by atoms with Crippen molar-refractivity contribution in [2.45, 2.75) is 20.0 Å². The van der Waals surface area contributed by atoms with Gasteiger partial charge in [-0.25, -0.2) is 0 Å². The second-order valence-corrected chi connectivity index (χ2v) is 4.42. The highest BCUT2D eigenvalue weighted by Crippen LogP contribution is 2.33. The largest absolute Gasteiger partial charge is 0.497 e.